The Hall–Kier alpha value is -3.05. The maximum Gasteiger partial charge on any atom is 0.409 e. The molecule has 0 saturated carbocycles. The number of nitrogens with one attached hydrogen (secondary N) is 1. The van der Waals surface area contributed by atoms with Gasteiger partial charge in [0, 0.05) is 37.8 Å². The molecule has 12 nitrogen and oxygen atoms in total. The zero-order valence-corrected chi connectivity index (χ0v) is 25.9. The van der Waals surface area contributed by atoms with Crippen LogP contribution in [-0.4, -0.2) is 95.9 Å². The molecule has 42 heavy (non-hydrogen) atoms. The van der Waals surface area contributed by atoms with E-state index in [0.717, 1.165) is 12.8 Å². The van der Waals surface area contributed by atoms with E-state index in [1.807, 2.05) is 25.1 Å². The SMILES string of the molecule is CCCCOC(=O)N1CCN(C(=O)[C@H](CCP(=O)(OCC)OCC)NC(=O)c2cc(Cl)nc(-c3ccccc3)n2)CC1. The number of unbranched alkanes of at least 4 members (excludes halogenated alkanes) is 1. The van der Waals surface area contributed by atoms with Crippen molar-refractivity contribution in [1.29, 1.82) is 0 Å². The minimum atomic E-state index is -3.50. The fourth-order valence-electron chi connectivity index (χ4n) is 4.31. The first-order valence-electron chi connectivity index (χ1n) is 14.2. The molecule has 2 aromatic rings. The minimum Gasteiger partial charge on any atom is -0.449 e. The average Bonchev–Trinajstić information content (AvgIpc) is 2.99. The molecule has 1 aromatic heterocycles. The zero-order valence-electron chi connectivity index (χ0n) is 24.3. The van der Waals surface area contributed by atoms with Gasteiger partial charge in [0.2, 0.25) is 5.91 Å². The number of amides is 3. The topological polar surface area (TPSA) is 140 Å². The zero-order chi connectivity index (χ0) is 30.5. The first-order valence-corrected chi connectivity index (χ1v) is 16.3. The highest BCUT2D eigenvalue weighted by Crippen LogP contribution is 2.48. The van der Waals surface area contributed by atoms with Crippen molar-refractivity contribution in [1.82, 2.24) is 25.1 Å². The van der Waals surface area contributed by atoms with E-state index in [1.54, 1.807) is 35.8 Å². The molecule has 230 valence electrons. The van der Waals surface area contributed by atoms with Crippen LogP contribution in [0.15, 0.2) is 36.4 Å². The summed E-state index contributed by atoms with van der Waals surface area (Å²) in [6.07, 6.45) is 1.19. The number of aromatic nitrogens is 2. The molecule has 1 aromatic carbocycles. The summed E-state index contributed by atoms with van der Waals surface area (Å²) in [6, 6.07) is 9.30. The third-order valence-electron chi connectivity index (χ3n) is 6.48. The van der Waals surface area contributed by atoms with Gasteiger partial charge in [0.05, 0.1) is 26.0 Å². The molecule has 0 bridgehead atoms. The van der Waals surface area contributed by atoms with E-state index in [1.165, 1.54) is 6.07 Å². The smallest absolute Gasteiger partial charge is 0.409 e. The van der Waals surface area contributed by atoms with Gasteiger partial charge in [-0.05, 0) is 26.7 Å². The lowest BCUT2D eigenvalue weighted by Gasteiger charge is -2.36. The molecule has 0 spiro atoms. The number of halogens is 1. The summed E-state index contributed by atoms with van der Waals surface area (Å²) in [6.45, 7) is 7.17. The molecule has 14 heteroatoms. The van der Waals surface area contributed by atoms with E-state index >= 15 is 0 Å². The quantitative estimate of drug-likeness (QED) is 0.181. The lowest BCUT2D eigenvalue weighted by atomic mass is 10.1. The van der Waals surface area contributed by atoms with Gasteiger partial charge in [0.15, 0.2) is 5.82 Å². The summed E-state index contributed by atoms with van der Waals surface area (Å²) in [5.74, 6) is -0.767. The summed E-state index contributed by atoms with van der Waals surface area (Å²) in [4.78, 5) is 51.1. The highest BCUT2D eigenvalue weighted by atomic mass is 35.5. The van der Waals surface area contributed by atoms with E-state index in [-0.39, 0.29) is 74.6 Å². The first-order chi connectivity index (χ1) is 20.2. The average molecular weight is 624 g/mol. The van der Waals surface area contributed by atoms with Gasteiger partial charge in [-0.3, -0.25) is 14.2 Å². The molecule has 1 aliphatic heterocycles. The second kappa shape index (κ2) is 16.6. The number of ether oxygens (including phenoxy) is 1. The number of carbonyl (C=O) groups excluding carboxylic acids is 3. The van der Waals surface area contributed by atoms with E-state index in [2.05, 4.69) is 15.3 Å². The Labute approximate surface area is 251 Å². The van der Waals surface area contributed by atoms with Crippen LogP contribution in [0.25, 0.3) is 11.4 Å². The number of rotatable bonds is 14. The summed E-state index contributed by atoms with van der Waals surface area (Å²) < 4.78 is 29.2. The van der Waals surface area contributed by atoms with Gasteiger partial charge in [-0.25, -0.2) is 14.8 Å². The van der Waals surface area contributed by atoms with Crippen LogP contribution < -0.4 is 5.32 Å². The van der Waals surface area contributed by atoms with Crippen LogP contribution in [0.3, 0.4) is 0 Å². The van der Waals surface area contributed by atoms with Gasteiger partial charge in [-0.1, -0.05) is 55.3 Å². The fraction of sp³-hybridized carbons (Fsp3) is 0.536. The molecule has 1 atom stereocenters. The molecule has 0 unspecified atom stereocenters. The molecular formula is C28H39ClN5O7P. The van der Waals surface area contributed by atoms with Crippen molar-refractivity contribution in [2.45, 2.75) is 46.1 Å². The number of carbonyl (C=O) groups is 3. The molecule has 3 amide bonds. The Morgan fingerprint density at radius 3 is 2.26 bits per heavy atom. The number of hydrogen-bond acceptors (Lipinski definition) is 9. The van der Waals surface area contributed by atoms with Gasteiger partial charge in [0.1, 0.15) is 16.9 Å². The molecule has 0 radical (unpaired) electrons. The summed E-state index contributed by atoms with van der Waals surface area (Å²) in [5, 5.41) is 2.81. The Morgan fingerprint density at radius 2 is 1.64 bits per heavy atom. The van der Waals surface area contributed by atoms with Crippen LogP contribution in [0.5, 0.6) is 0 Å². The van der Waals surface area contributed by atoms with Crippen LogP contribution in [0, 0.1) is 0 Å². The van der Waals surface area contributed by atoms with E-state index in [0.29, 0.717) is 12.2 Å². The predicted octanol–water partition coefficient (Wildman–Crippen LogP) is 4.63. The molecule has 1 aliphatic rings. The maximum absolute atomic E-state index is 13.7. The van der Waals surface area contributed by atoms with Crippen LogP contribution >= 0.6 is 19.2 Å². The molecular weight excluding hydrogens is 585 g/mol. The number of nitrogens with zero attached hydrogens (tertiary/aromatic N) is 4. The molecule has 1 saturated heterocycles. The fourth-order valence-corrected chi connectivity index (χ4v) is 6.19. The monoisotopic (exact) mass is 623 g/mol. The molecule has 1 N–H and O–H groups in total. The van der Waals surface area contributed by atoms with Crippen molar-refractivity contribution in [2.24, 2.45) is 0 Å². The number of benzene rings is 1. The largest absolute Gasteiger partial charge is 0.449 e. The molecule has 3 rings (SSSR count). The van der Waals surface area contributed by atoms with E-state index in [9.17, 15) is 18.9 Å². The lowest BCUT2D eigenvalue weighted by Crippen LogP contribution is -2.56. The summed E-state index contributed by atoms with van der Waals surface area (Å²) in [5.41, 5.74) is 0.645. The van der Waals surface area contributed by atoms with Crippen LogP contribution in [0.4, 0.5) is 4.79 Å². The third kappa shape index (κ3) is 9.76. The van der Waals surface area contributed by atoms with Gasteiger partial charge >= 0.3 is 13.7 Å². The van der Waals surface area contributed by atoms with Gasteiger partial charge in [-0.2, -0.15) is 0 Å². The van der Waals surface area contributed by atoms with Gasteiger partial charge in [-0.15, -0.1) is 0 Å². The Bertz CT molecular complexity index is 1230. The molecule has 2 heterocycles. The standard InChI is InChI=1S/C28H39ClN5O7P/c1-4-7-18-39-28(37)34-16-14-33(15-17-34)27(36)22(13-19-42(38,40-5-2)41-6-3)31-26(35)23-20-24(29)32-25(30-23)21-11-9-8-10-12-21/h8-12,20,22H,4-7,13-19H2,1-3H3,(H,31,35)/t22-/m0/s1. The summed E-state index contributed by atoms with van der Waals surface area (Å²) >= 11 is 6.22. The predicted molar refractivity (Wildman–Crippen MR) is 158 cm³/mol. The Morgan fingerprint density at radius 1 is 1.00 bits per heavy atom. The Balaban J connectivity index is 1.77. The third-order valence-corrected chi connectivity index (χ3v) is 8.78. The van der Waals surface area contributed by atoms with E-state index < -0.39 is 25.6 Å². The lowest BCUT2D eigenvalue weighted by molar-refractivity contribution is -0.134. The van der Waals surface area contributed by atoms with Crippen molar-refractivity contribution in [3.8, 4) is 11.4 Å². The highest BCUT2D eigenvalue weighted by molar-refractivity contribution is 7.53. The van der Waals surface area contributed by atoms with Crippen LogP contribution in [-0.2, 0) is 23.1 Å². The van der Waals surface area contributed by atoms with Crippen molar-refractivity contribution >= 4 is 37.1 Å². The van der Waals surface area contributed by atoms with Crippen LogP contribution in [0.1, 0.15) is 50.5 Å². The molecule has 1 fully saturated rings. The number of hydrogen-bond donors (Lipinski definition) is 1. The molecule has 0 aliphatic carbocycles. The summed E-state index contributed by atoms with van der Waals surface area (Å²) in [7, 11) is -3.50. The number of piperazine rings is 1. The van der Waals surface area contributed by atoms with Gasteiger partial charge < -0.3 is 28.9 Å². The maximum atomic E-state index is 13.7. The van der Waals surface area contributed by atoms with Gasteiger partial charge in [0.25, 0.3) is 5.91 Å². The minimum absolute atomic E-state index is 0.00845. The van der Waals surface area contributed by atoms with Crippen molar-refractivity contribution in [3.63, 3.8) is 0 Å². The normalized spacial score (nSPS) is 14.4. The van der Waals surface area contributed by atoms with Crippen molar-refractivity contribution < 1.29 is 32.7 Å². The van der Waals surface area contributed by atoms with E-state index in [4.69, 9.17) is 25.4 Å². The highest BCUT2D eigenvalue weighted by Gasteiger charge is 2.34. The van der Waals surface area contributed by atoms with Crippen LogP contribution in [0.2, 0.25) is 5.15 Å². The Kier molecular flexibility index (Phi) is 13.2. The first kappa shape index (κ1) is 33.5. The second-order valence-electron chi connectivity index (χ2n) is 9.53. The van der Waals surface area contributed by atoms with Crippen molar-refractivity contribution in [2.75, 3.05) is 52.2 Å². The van der Waals surface area contributed by atoms with Crippen molar-refractivity contribution in [3.05, 3.63) is 47.2 Å². The second-order valence-corrected chi connectivity index (χ2v) is 12.1.